The molecule has 2 heterocycles. The van der Waals surface area contributed by atoms with Gasteiger partial charge in [0.15, 0.2) is 9.84 Å². The van der Waals surface area contributed by atoms with Crippen molar-refractivity contribution in [3.63, 3.8) is 0 Å². The highest BCUT2D eigenvalue weighted by molar-refractivity contribution is 7.98. The minimum absolute atomic E-state index is 0.0249. The molecule has 2 aromatic carbocycles. The molecule has 9 heteroatoms. The molecule has 1 amide bonds. The molecule has 0 aliphatic heterocycles. The summed E-state index contributed by atoms with van der Waals surface area (Å²) in [6.45, 7) is -0.0249. The lowest BCUT2D eigenvalue weighted by Gasteiger charge is -2.10. The van der Waals surface area contributed by atoms with E-state index >= 15 is 0 Å². The number of carbonyl (C=O) groups excluding carboxylic acids is 1. The fraction of sp³-hybridized carbons (Fsp3) is 0.174. The van der Waals surface area contributed by atoms with Crippen LogP contribution in [0.1, 0.15) is 11.4 Å². The van der Waals surface area contributed by atoms with Crippen LogP contribution in [0.25, 0.3) is 11.0 Å². The summed E-state index contributed by atoms with van der Waals surface area (Å²) in [7, 11) is -3.29. The molecule has 0 spiro atoms. The molecular formula is C23H22N4O3S2. The van der Waals surface area contributed by atoms with Crippen LogP contribution in [0.4, 0.5) is 5.69 Å². The summed E-state index contributed by atoms with van der Waals surface area (Å²) in [6, 6.07) is 18.9. The second kappa shape index (κ2) is 9.54. The monoisotopic (exact) mass is 466 g/mol. The number of nitrogens with one attached hydrogen (secondary N) is 1. The molecule has 164 valence electrons. The molecule has 0 saturated carbocycles. The molecule has 2 aromatic heterocycles. The van der Waals surface area contributed by atoms with Crippen molar-refractivity contribution in [2.75, 3.05) is 11.6 Å². The average molecular weight is 467 g/mol. The second-order valence-corrected chi connectivity index (χ2v) is 10.6. The number of hydrogen-bond acceptors (Lipinski definition) is 6. The van der Waals surface area contributed by atoms with E-state index in [1.807, 2.05) is 60.8 Å². The topological polar surface area (TPSA) is 94.0 Å². The van der Waals surface area contributed by atoms with E-state index in [1.165, 1.54) is 0 Å². The normalized spacial score (nSPS) is 11.5. The van der Waals surface area contributed by atoms with Gasteiger partial charge in [0, 0.05) is 35.0 Å². The summed E-state index contributed by atoms with van der Waals surface area (Å²) in [5.74, 6) is 0.693. The Labute approximate surface area is 190 Å². The van der Waals surface area contributed by atoms with E-state index in [2.05, 4.69) is 15.3 Å². The van der Waals surface area contributed by atoms with Crippen LogP contribution in [0.2, 0.25) is 0 Å². The number of amides is 1. The average Bonchev–Trinajstić information content (AvgIpc) is 3.09. The summed E-state index contributed by atoms with van der Waals surface area (Å²) in [6.07, 6.45) is 4.76. The van der Waals surface area contributed by atoms with Crippen LogP contribution >= 0.6 is 11.8 Å². The number of para-hydroxylation sites is 2. The number of anilines is 1. The first-order valence-corrected chi connectivity index (χ1v) is 13.0. The number of rotatable bonds is 8. The number of fused-ring (bicyclic) bond motifs is 1. The van der Waals surface area contributed by atoms with Gasteiger partial charge in [0.1, 0.15) is 18.1 Å². The van der Waals surface area contributed by atoms with E-state index in [-0.39, 0.29) is 18.2 Å². The zero-order chi connectivity index (χ0) is 22.6. The van der Waals surface area contributed by atoms with Crippen molar-refractivity contribution < 1.29 is 13.2 Å². The van der Waals surface area contributed by atoms with Crippen molar-refractivity contribution in [1.29, 1.82) is 0 Å². The number of hydrogen-bond donors (Lipinski definition) is 1. The van der Waals surface area contributed by atoms with E-state index in [1.54, 1.807) is 28.6 Å². The predicted octanol–water partition coefficient (Wildman–Crippen LogP) is 3.91. The molecule has 0 aliphatic rings. The van der Waals surface area contributed by atoms with Gasteiger partial charge in [-0.1, -0.05) is 18.2 Å². The van der Waals surface area contributed by atoms with Crippen LogP contribution in [0, 0.1) is 0 Å². The third-order valence-corrected chi connectivity index (χ3v) is 6.56. The maximum Gasteiger partial charge on any atom is 0.244 e. The van der Waals surface area contributed by atoms with E-state index in [4.69, 9.17) is 0 Å². The van der Waals surface area contributed by atoms with Crippen LogP contribution in [-0.4, -0.2) is 35.1 Å². The Kier molecular flexibility index (Phi) is 6.57. The molecule has 0 atom stereocenters. The highest BCUT2D eigenvalue weighted by Crippen LogP contribution is 2.24. The van der Waals surface area contributed by atoms with Gasteiger partial charge in [-0.05, 0) is 48.0 Å². The van der Waals surface area contributed by atoms with Crippen LogP contribution in [-0.2, 0) is 32.7 Å². The highest BCUT2D eigenvalue weighted by Gasteiger charge is 2.17. The SMILES string of the molecule is CS(=O)(=O)Cc1nc2ccccc2n1CC(=O)Nc1ccc(SCc2cccnc2)cc1. The van der Waals surface area contributed by atoms with Crippen molar-refractivity contribution in [1.82, 2.24) is 14.5 Å². The number of pyridine rings is 1. The third-order valence-electron chi connectivity index (χ3n) is 4.69. The summed E-state index contributed by atoms with van der Waals surface area (Å²) in [5, 5.41) is 2.88. The van der Waals surface area contributed by atoms with Crippen molar-refractivity contribution in [3.8, 4) is 0 Å². The maximum absolute atomic E-state index is 12.7. The number of nitrogens with zero attached hydrogens (tertiary/aromatic N) is 3. The Balaban J connectivity index is 1.43. The second-order valence-electron chi connectivity index (χ2n) is 7.40. The lowest BCUT2D eigenvalue weighted by molar-refractivity contribution is -0.116. The summed E-state index contributed by atoms with van der Waals surface area (Å²) >= 11 is 1.69. The van der Waals surface area contributed by atoms with Crippen molar-refractivity contribution in [3.05, 3.63) is 84.4 Å². The Bertz CT molecular complexity index is 1330. The lowest BCUT2D eigenvalue weighted by Crippen LogP contribution is -2.21. The first kappa shape index (κ1) is 22.0. The molecule has 0 bridgehead atoms. The molecule has 0 saturated heterocycles. The fourth-order valence-electron chi connectivity index (χ4n) is 3.28. The quantitative estimate of drug-likeness (QED) is 0.396. The standard InChI is InChI=1S/C23H22N4O3S2/c1-32(29,30)16-22-26-20-6-2-3-7-21(20)27(22)14-23(28)25-18-8-10-19(11-9-18)31-15-17-5-4-12-24-13-17/h2-13H,14-16H2,1H3,(H,25,28). The van der Waals surface area contributed by atoms with Crippen LogP contribution < -0.4 is 5.32 Å². The largest absolute Gasteiger partial charge is 0.325 e. The Morgan fingerprint density at radius 2 is 1.84 bits per heavy atom. The van der Waals surface area contributed by atoms with Gasteiger partial charge in [0.25, 0.3) is 0 Å². The summed E-state index contributed by atoms with van der Waals surface area (Å²) in [5.41, 5.74) is 3.21. The Morgan fingerprint density at radius 3 is 2.56 bits per heavy atom. The predicted molar refractivity (Wildman–Crippen MR) is 127 cm³/mol. The maximum atomic E-state index is 12.7. The molecule has 0 fully saturated rings. The minimum atomic E-state index is -3.29. The van der Waals surface area contributed by atoms with E-state index in [9.17, 15) is 13.2 Å². The zero-order valence-electron chi connectivity index (χ0n) is 17.4. The molecule has 32 heavy (non-hydrogen) atoms. The van der Waals surface area contributed by atoms with Crippen molar-refractivity contribution in [2.24, 2.45) is 0 Å². The molecular weight excluding hydrogens is 444 g/mol. The number of thioether (sulfide) groups is 1. The molecule has 4 rings (SSSR count). The molecule has 0 unspecified atom stereocenters. The first-order valence-electron chi connectivity index (χ1n) is 9.91. The third kappa shape index (κ3) is 5.74. The van der Waals surface area contributed by atoms with Gasteiger partial charge in [-0.3, -0.25) is 9.78 Å². The highest BCUT2D eigenvalue weighted by atomic mass is 32.2. The van der Waals surface area contributed by atoms with Crippen molar-refractivity contribution >= 4 is 44.2 Å². The lowest BCUT2D eigenvalue weighted by atomic mass is 10.3. The zero-order valence-corrected chi connectivity index (χ0v) is 19.1. The first-order chi connectivity index (χ1) is 15.4. The smallest absolute Gasteiger partial charge is 0.244 e. The van der Waals surface area contributed by atoms with Crippen LogP contribution in [0.5, 0.6) is 0 Å². The van der Waals surface area contributed by atoms with Crippen LogP contribution in [0.3, 0.4) is 0 Å². The molecule has 0 radical (unpaired) electrons. The number of sulfone groups is 1. The van der Waals surface area contributed by atoms with E-state index in [0.29, 0.717) is 17.0 Å². The van der Waals surface area contributed by atoms with E-state index < -0.39 is 9.84 Å². The summed E-state index contributed by atoms with van der Waals surface area (Å²) < 4.78 is 25.3. The number of aromatic nitrogens is 3. The fourth-order valence-corrected chi connectivity index (χ4v) is 4.80. The molecule has 7 nitrogen and oxygen atoms in total. The Morgan fingerprint density at radius 1 is 1.06 bits per heavy atom. The van der Waals surface area contributed by atoms with Gasteiger partial charge in [0.2, 0.25) is 5.91 Å². The minimum Gasteiger partial charge on any atom is -0.325 e. The van der Waals surface area contributed by atoms with Gasteiger partial charge in [0.05, 0.1) is 11.0 Å². The number of carbonyl (C=O) groups is 1. The van der Waals surface area contributed by atoms with Gasteiger partial charge in [-0.2, -0.15) is 0 Å². The summed E-state index contributed by atoms with van der Waals surface area (Å²) in [4.78, 5) is 22.3. The van der Waals surface area contributed by atoms with Gasteiger partial charge in [-0.15, -0.1) is 11.8 Å². The van der Waals surface area contributed by atoms with Gasteiger partial charge in [-0.25, -0.2) is 13.4 Å². The molecule has 0 aliphatic carbocycles. The van der Waals surface area contributed by atoms with Gasteiger partial charge < -0.3 is 9.88 Å². The van der Waals surface area contributed by atoms with Gasteiger partial charge >= 0.3 is 0 Å². The van der Waals surface area contributed by atoms with E-state index in [0.717, 1.165) is 28.0 Å². The Hall–Kier alpha value is -3.17. The van der Waals surface area contributed by atoms with Crippen LogP contribution in [0.15, 0.2) is 78.0 Å². The molecule has 4 aromatic rings. The number of benzene rings is 2. The number of imidazole rings is 1. The molecule has 1 N–H and O–H groups in total. The van der Waals surface area contributed by atoms with Crippen molar-refractivity contribution in [2.45, 2.75) is 22.9 Å².